The fourth-order valence-electron chi connectivity index (χ4n) is 0.562. The maximum absolute atomic E-state index is 12.9. The third-order valence-electron chi connectivity index (χ3n) is 1.23. The zero-order valence-electron chi connectivity index (χ0n) is 8.57. The number of alkyl halides is 5. The normalized spacial score (nSPS) is 14.8. The fourth-order valence-corrected chi connectivity index (χ4v) is 2.72. The molecular weight excluding hydrogens is 315 g/mol. The van der Waals surface area contributed by atoms with Crippen molar-refractivity contribution in [2.45, 2.75) is 17.7 Å². The van der Waals surface area contributed by atoms with Gasteiger partial charge in [-0.25, -0.2) is 0 Å². The smallest absolute Gasteiger partial charge is 0.265 e. The Bertz CT molecular complexity index is 477. The summed E-state index contributed by atoms with van der Waals surface area (Å²) in [5, 5.41) is 0. The molecule has 0 fully saturated rings. The molecule has 0 bridgehead atoms. The first-order chi connectivity index (χ1) is 7.77. The molecule has 6 nitrogen and oxygen atoms in total. The molecule has 0 spiro atoms. The second-order valence-electron chi connectivity index (χ2n) is 2.66. The standard InChI is InChI=1S/C5H7F5O6S2/c1-2-15-17(11,12)5(9,10)18(13,14)16-3-4(6,7)8/h2-3H2,1H3. The van der Waals surface area contributed by atoms with Gasteiger partial charge in [-0.2, -0.15) is 38.8 Å². The van der Waals surface area contributed by atoms with E-state index in [4.69, 9.17) is 0 Å². The van der Waals surface area contributed by atoms with E-state index in [2.05, 4.69) is 8.37 Å². The van der Waals surface area contributed by atoms with E-state index in [9.17, 15) is 38.8 Å². The van der Waals surface area contributed by atoms with E-state index < -0.39 is 44.2 Å². The van der Waals surface area contributed by atoms with Gasteiger partial charge in [0.1, 0.15) is 0 Å². The Labute approximate surface area is 98.9 Å². The Kier molecular flexibility index (Phi) is 5.07. The van der Waals surface area contributed by atoms with Gasteiger partial charge in [-0.05, 0) is 6.92 Å². The predicted molar refractivity (Wildman–Crippen MR) is 46.4 cm³/mol. The van der Waals surface area contributed by atoms with Crippen LogP contribution in [0.2, 0.25) is 0 Å². The third-order valence-corrected chi connectivity index (χ3v) is 4.60. The first-order valence-corrected chi connectivity index (χ1v) is 6.81. The first kappa shape index (κ1) is 17.5. The van der Waals surface area contributed by atoms with Crippen molar-refractivity contribution in [3.8, 4) is 0 Å². The molecule has 0 N–H and O–H groups in total. The molecule has 0 aliphatic rings. The first-order valence-electron chi connectivity index (χ1n) is 3.99. The van der Waals surface area contributed by atoms with Crippen molar-refractivity contribution in [2.24, 2.45) is 0 Å². The van der Waals surface area contributed by atoms with Gasteiger partial charge in [0.25, 0.3) is 0 Å². The molecule has 0 aliphatic heterocycles. The average molecular weight is 322 g/mol. The highest BCUT2D eigenvalue weighted by atomic mass is 32.3. The van der Waals surface area contributed by atoms with Crippen molar-refractivity contribution >= 4 is 20.2 Å². The SMILES string of the molecule is CCOS(=O)(=O)C(F)(F)S(=O)(=O)OCC(F)(F)F. The Hall–Kier alpha value is -0.530. The van der Waals surface area contributed by atoms with Crippen LogP contribution in [-0.2, 0) is 28.6 Å². The lowest BCUT2D eigenvalue weighted by Gasteiger charge is -2.16. The molecule has 0 aromatic rings. The van der Waals surface area contributed by atoms with Crippen molar-refractivity contribution in [2.75, 3.05) is 13.2 Å². The quantitative estimate of drug-likeness (QED) is 0.531. The lowest BCUT2D eigenvalue weighted by Crippen LogP contribution is -2.41. The number of halogens is 5. The molecule has 0 radical (unpaired) electrons. The summed E-state index contributed by atoms with van der Waals surface area (Å²) in [4.78, 5) is 0. The van der Waals surface area contributed by atoms with E-state index in [1.807, 2.05) is 0 Å². The molecule has 13 heteroatoms. The molecule has 0 aromatic heterocycles. The van der Waals surface area contributed by atoms with Crippen LogP contribution in [0.3, 0.4) is 0 Å². The second-order valence-corrected chi connectivity index (χ2v) is 6.23. The van der Waals surface area contributed by atoms with Crippen LogP contribution in [0.5, 0.6) is 0 Å². The van der Waals surface area contributed by atoms with Gasteiger partial charge in [-0.15, -0.1) is 0 Å². The molecule has 0 rings (SSSR count). The number of rotatable bonds is 6. The predicted octanol–water partition coefficient (Wildman–Crippen LogP) is 0.812. The van der Waals surface area contributed by atoms with Crippen molar-refractivity contribution in [3.05, 3.63) is 0 Å². The van der Waals surface area contributed by atoms with Crippen LogP contribution in [0.1, 0.15) is 6.92 Å². The second kappa shape index (κ2) is 5.22. The monoisotopic (exact) mass is 322 g/mol. The van der Waals surface area contributed by atoms with Crippen LogP contribution in [0.15, 0.2) is 0 Å². The van der Waals surface area contributed by atoms with Gasteiger partial charge >= 0.3 is 31.0 Å². The number of hydrogen-bond donors (Lipinski definition) is 0. The summed E-state index contributed by atoms with van der Waals surface area (Å²) in [5.41, 5.74) is 0. The maximum atomic E-state index is 12.9. The summed E-state index contributed by atoms with van der Waals surface area (Å²) in [6.07, 6.45) is -5.22. The van der Waals surface area contributed by atoms with Crippen molar-refractivity contribution < 1.29 is 47.2 Å². The van der Waals surface area contributed by atoms with Gasteiger partial charge in [0.15, 0.2) is 6.61 Å². The molecule has 18 heavy (non-hydrogen) atoms. The Balaban J connectivity index is 5.23. The van der Waals surface area contributed by atoms with E-state index in [1.54, 1.807) is 0 Å². The van der Waals surface area contributed by atoms with Crippen LogP contribution in [0.4, 0.5) is 22.0 Å². The largest absolute Gasteiger partial charge is 0.496 e. The van der Waals surface area contributed by atoms with Crippen LogP contribution in [-0.4, -0.2) is 40.8 Å². The molecule has 110 valence electrons. The molecule has 0 amide bonds. The van der Waals surface area contributed by atoms with Gasteiger partial charge < -0.3 is 0 Å². The number of hydrogen-bond acceptors (Lipinski definition) is 6. The van der Waals surface area contributed by atoms with E-state index in [-0.39, 0.29) is 0 Å². The fraction of sp³-hybridized carbons (Fsp3) is 1.00. The summed E-state index contributed by atoms with van der Waals surface area (Å²) in [5.74, 6) is 0. The van der Waals surface area contributed by atoms with Gasteiger partial charge in [0.05, 0.1) is 6.61 Å². The Morgan fingerprint density at radius 1 is 0.889 bits per heavy atom. The summed E-state index contributed by atoms with van der Waals surface area (Å²) >= 11 is 0. The Morgan fingerprint density at radius 3 is 1.61 bits per heavy atom. The topological polar surface area (TPSA) is 86.7 Å². The van der Waals surface area contributed by atoms with Crippen molar-refractivity contribution in [1.82, 2.24) is 0 Å². The molecule has 0 heterocycles. The molecule has 0 saturated carbocycles. The minimum absolute atomic E-state index is 0.827. The Morgan fingerprint density at radius 2 is 1.28 bits per heavy atom. The van der Waals surface area contributed by atoms with Crippen LogP contribution in [0.25, 0.3) is 0 Å². The zero-order chi connectivity index (χ0) is 14.8. The lowest BCUT2D eigenvalue weighted by atomic mass is 10.7. The summed E-state index contributed by atoms with van der Waals surface area (Å²) < 4.78 is 104. The summed E-state index contributed by atoms with van der Waals surface area (Å²) in [6, 6.07) is 0. The van der Waals surface area contributed by atoms with Crippen molar-refractivity contribution in [1.29, 1.82) is 0 Å². The molecule has 0 aliphatic carbocycles. The average Bonchev–Trinajstić information content (AvgIpc) is 2.13. The summed E-state index contributed by atoms with van der Waals surface area (Å²) in [7, 11) is -12.3. The van der Waals surface area contributed by atoms with Crippen LogP contribution >= 0.6 is 0 Å². The van der Waals surface area contributed by atoms with Gasteiger partial charge in [-0.3, -0.25) is 8.37 Å². The maximum Gasteiger partial charge on any atom is 0.496 e. The third kappa shape index (κ3) is 4.00. The molecule has 0 saturated heterocycles. The van der Waals surface area contributed by atoms with Crippen LogP contribution in [0, 0.1) is 0 Å². The lowest BCUT2D eigenvalue weighted by molar-refractivity contribution is -0.153. The van der Waals surface area contributed by atoms with E-state index in [0.717, 1.165) is 6.92 Å². The molecular formula is C5H7F5O6S2. The van der Waals surface area contributed by atoms with Crippen LogP contribution < -0.4 is 0 Å². The van der Waals surface area contributed by atoms with E-state index >= 15 is 0 Å². The minimum atomic E-state index is -6.34. The highest BCUT2D eigenvalue weighted by Crippen LogP contribution is 2.32. The van der Waals surface area contributed by atoms with Crippen molar-refractivity contribution in [3.63, 3.8) is 0 Å². The molecule has 0 unspecified atom stereocenters. The highest BCUT2D eigenvalue weighted by Gasteiger charge is 2.60. The van der Waals surface area contributed by atoms with E-state index in [1.165, 1.54) is 0 Å². The molecule has 0 aromatic carbocycles. The zero-order valence-corrected chi connectivity index (χ0v) is 10.2. The van der Waals surface area contributed by atoms with E-state index in [0.29, 0.717) is 0 Å². The minimum Gasteiger partial charge on any atom is -0.265 e. The molecule has 0 atom stereocenters. The summed E-state index contributed by atoms with van der Waals surface area (Å²) in [6.45, 7) is -2.45. The van der Waals surface area contributed by atoms with Gasteiger partial charge in [-0.1, -0.05) is 0 Å². The van der Waals surface area contributed by atoms with Gasteiger partial charge in [0.2, 0.25) is 0 Å². The highest BCUT2D eigenvalue weighted by molar-refractivity contribution is 8.05. The van der Waals surface area contributed by atoms with Gasteiger partial charge in [0, 0.05) is 0 Å².